The average molecular weight is 455 g/mol. The van der Waals surface area contributed by atoms with Crippen molar-refractivity contribution in [3.05, 3.63) is 51.2 Å². The van der Waals surface area contributed by atoms with Crippen LogP contribution >= 0.6 is 11.3 Å². The SMILES string of the molecule is CCN(CC(=O)N1CCc2sccc2C1COc1ccc(C)cc1C)C(=O)C1CCCC1. The molecule has 1 aromatic carbocycles. The monoisotopic (exact) mass is 454 g/mol. The van der Waals surface area contributed by atoms with Crippen molar-refractivity contribution in [2.45, 2.75) is 58.9 Å². The number of benzene rings is 1. The highest BCUT2D eigenvalue weighted by Gasteiger charge is 2.34. The van der Waals surface area contributed by atoms with Gasteiger partial charge in [-0.25, -0.2) is 0 Å². The minimum atomic E-state index is -0.126. The number of rotatable bonds is 7. The number of nitrogens with zero attached hydrogens (tertiary/aromatic N) is 2. The largest absolute Gasteiger partial charge is 0.491 e. The molecule has 0 saturated heterocycles. The fraction of sp³-hybridized carbons (Fsp3) is 0.538. The second-order valence-electron chi connectivity index (χ2n) is 9.07. The van der Waals surface area contributed by atoms with Crippen LogP contribution in [0.1, 0.15) is 60.2 Å². The van der Waals surface area contributed by atoms with Gasteiger partial charge in [-0.2, -0.15) is 0 Å². The molecular weight excluding hydrogens is 420 g/mol. The van der Waals surface area contributed by atoms with E-state index in [9.17, 15) is 9.59 Å². The maximum absolute atomic E-state index is 13.4. The normalized spacial score (nSPS) is 18.5. The van der Waals surface area contributed by atoms with Gasteiger partial charge in [0.25, 0.3) is 0 Å². The Hall–Kier alpha value is -2.34. The zero-order valence-corrected chi connectivity index (χ0v) is 20.2. The molecule has 1 unspecified atom stereocenters. The Kier molecular flexibility index (Phi) is 7.19. The number of amides is 2. The number of hydrogen-bond donors (Lipinski definition) is 0. The lowest BCUT2D eigenvalue weighted by atomic mass is 10.00. The van der Waals surface area contributed by atoms with Crippen molar-refractivity contribution in [2.75, 3.05) is 26.2 Å². The summed E-state index contributed by atoms with van der Waals surface area (Å²) in [4.78, 5) is 31.4. The third-order valence-corrected chi connectivity index (χ3v) is 7.86. The lowest BCUT2D eigenvalue weighted by molar-refractivity contribution is -0.144. The fourth-order valence-electron chi connectivity index (χ4n) is 5.04. The Labute approximate surface area is 195 Å². The van der Waals surface area contributed by atoms with E-state index in [0.29, 0.717) is 19.7 Å². The van der Waals surface area contributed by atoms with E-state index in [1.54, 1.807) is 16.2 Å². The maximum Gasteiger partial charge on any atom is 0.242 e. The van der Waals surface area contributed by atoms with Gasteiger partial charge in [-0.3, -0.25) is 9.59 Å². The van der Waals surface area contributed by atoms with E-state index in [1.165, 1.54) is 16.0 Å². The number of aryl methyl sites for hydroxylation is 2. The quantitative estimate of drug-likeness (QED) is 0.597. The topological polar surface area (TPSA) is 49.9 Å². The highest BCUT2D eigenvalue weighted by atomic mass is 32.1. The molecule has 5 nitrogen and oxygen atoms in total. The molecule has 0 radical (unpaired) electrons. The van der Waals surface area contributed by atoms with Crippen LogP contribution in [0.5, 0.6) is 5.75 Å². The summed E-state index contributed by atoms with van der Waals surface area (Å²) in [6.07, 6.45) is 5.01. The van der Waals surface area contributed by atoms with Crippen LogP contribution in [0.3, 0.4) is 0 Å². The van der Waals surface area contributed by atoms with E-state index in [-0.39, 0.29) is 30.3 Å². The molecule has 1 saturated carbocycles. The van der Waals surface area contributed by atoms with Crippen LogP contribution in [0.2, 0.25) is 0 Å². The summed E-state index contributed by atoms with van der Waals surface area (Å²) in [5, 5.41) is 2.10. The molecule has 2 heterocycles. The van der Waals surface area contributed by atoms with E-state index < -0.39 is 0 Å². The first kappa shape index (κ1) is 22.8. The number of carbonyl (C=O) groups is 2. The standard InChI is InChI=1S/C26H34N2O3S/c1-4-27(26(30)20-7-5-6-8-20)16-25(29)28-13-11-24-21(12-14-32-24)22(28)17-31-23-10-9-18(2)15-19(23)3/h9-10,12,14-15,20,22H,4-8,11,13,16-17H2,1-3H3. The van der Waals surface area contributed by atoms with Crippen molar-refractivity contribution in [3.8, 4) is 5.75 Å². The highest BCUT2D eigenvalue weighted by molar-refractivity contribution is 7.10. The molecule has 1 atom stereocenters. The Morgan fingerprint density at radius 1 is 1.19 bits per heavy atom. The Bertz CT molecular complexity index is 964. The molecule has 0 N–H and O–H groups in total. The van der Waals surface area contributed by atoms with Crippen LogP contribution in [-0.4, -0.2) is 47.9 Å². The van der Waals surface area contributed by atoms with Gasteiger partial charge in [0.05, 0.1) is 12.6 Å². The zero-order valence-electron chi connectivity index (χ0n) is 19.4. The van der Waals surface area contributed by atoms with Crippen molar-refractivity contribution >= 4 is 23.2 Å². The van der Waals surface area contributed by atoms with E-state index in [4.69, 9.17) is 4.74 Å². The molecule has 1 aromatic heterocycles. The first-order chi connectivity index (χ1) is 15.5. The molecule has 0 spiro atoms. The predicted octanol–water partition coefficient (Wildman–Crippen LogP) is 4.91. The molecule has 2 aromatic rings. The van der Waals surface area contributed by atoms with Crippen LogP contribution in [0.15, 0.2) is 29.6 Å². The van der Waals surface area contributed by atoms with Gasteiger partial charge in [-0.15, -0.1) is 11.3 Å². The zero-order chi connectivity index (χ0) is 22.7. The van der Waals surface area contributed by atoms with Gasteiger partial charge in [-0.1, -0.05) is 30.5 Å². The van der Waals surface area contributed by atoms with E-state index in [0.717, 1.165) is 43.4 Å². The van der Waals surface area contributed by atoms with Crippen molar-refractivity contribution in [3.63, 3.8) is 0 Å². The molecule has 1 aliphatic carbocycles. The summed E-state index contributed by atoms with van der Waals surface area (Å²) < 4.78 is 6.23. The molecule has 2 amide bonds. The Morgan fingerprint density at radius 3 is 2.69 bits per heavy atom. The molecular formula is C26H34N2O3S. The maximum atomic E-state index is 13.4. The lowest BCUT2D eigenvalue weighted by Gasteiger charge is -2.37. The summed E-state index contributed by atoms with van der Waals surface area (Å²) in [6, 6.07) is 8.17. The summed E-state index contributed by atoms with van der Waals surface area (Å²) in [6.45, 7) is 7.91. The summed E-state index contributed by atoms with van der Waals surface area (Å²) >= 11 is 1.75. The number of carbonyl (C=O) groups excluding carboxylic acids is 2. The molecule has 2 aliphatic rings. The molecule has 32 heavy (non-hydrogen) atoms. The van der Waals surface area contributed by atoms with Crippen molar-refractivity contribution in [2.24, 2.45) is 5.92 Å². The van der Waals surface area contributed by atoms with Gasteiger partial charge >= 0.3 is 0 Å². The highest BCUT2D eigenvalue weighted by Crippen LogP contribution is 2.34. The number of ether oxygens (including phenoxy) is 1. The fourth-order valence-corrected chi connectivity index (χ4v) is 5.96. The van der Waals surface area contributed by atoms with Gasteiger partial charge in [0.15, 0.2) is 0 Å². The van der Waals surface area contributed by atoms with Gasteiger partial charge in [-0.05, 0) is 68.7 Å². The van der Waals surface area contributed by atoms with Gasteiger partial charge < -0.3 is 14.5 Å². The predicted molar refractivity (Wildman–Crippen MR) is 128 cm³/mol. The van der Waals surface area contributed by atoms with E-state index in [2.05, 4.69) is 37.4 Å². The first-order valence-corrected chi connectivity index (χ1v) is 12.7. The van der Waals surface area contributed by atoms with Crippen LogP contribution in [0.4, 0.5) is 0 Å². The van der Waals surface area contributed by atoms with Gasteiger partial charge in [0, 0.05) is 23.9 Å². The van der Waals surface area contributed by atoms with Crippen LogP contribution in [-0.2, 0) is 16.0 Å². The molecule has 172 valence electrons. The van der Waals surface area contributed by atoms with E-state index >= 15 is 0 Å². The number of hydrogen-bond acceptors (Lipinski definition) is 4. The Balaban J connectivity index is 1.49. The van der Waals surface area contributed by atoms with Crippen LogP contribution < -0.4 is 4.74 Å². The molecule has 6 heteroatoms. The minimum absolute atomic E-state index is 0.0178. The second-order valence-corrected chi connectivity index (χ2v) is 10.1. The Morgan fingerprint density at radius 2 is 1.97 bits per heavy atom. The minimum Gasteiger partial charge on any atom is -0.491 e. The van der Waals surface area contributed by atoms with Gasteiger partial charge in [0.1, 0.15) is 12.4 Å². The molecule has 1 fully saturated rings. The molecule has 0 bridgehead atoms. The third-order valence-electron chi connectivity index (χ3n) is 6.87. The number of thiophene rings is 1. The summed E-state index contributed by atoms with van der Waals surface area (Å²) in [5.74, 6) is 1.12. The molecule has 4 rings (SSSR count). The van der Waals surface area contributed by atoms with Crippen LogP contribution in [0, 0.1) is 19.8 Å². The third kappa shape index (κ3) is 4.85. The van der Waals surface area contributed by atoms with E-state index in [1.807, 2.05) is 17.9 Å². The molecule has 1 aliphatic heterocycles. The number of likely N-dealkylation sites (N-methyl/N-ethyl adjacent to an activating group) is 1. The van der Waals surface area contributed by atoms with Crippen molar-refractivity contribution in [1.29, 1.82) is 0 Å². The number of fused-ring (bicyclic) bond motifs is 1. The van der Waals surface area contributed by atoms with Gasteiger partial charge in [0.2, 0.25) is 11.8 Å². The van der Waals surface area contributed by atoms with Crippen LogP contribution in [0.25, 0.3) is 0 Å². The first-order valence-electron chi connectivity index (χ1n) is 11.8. The van der Waals surface area contributed by atoms with Crippen molar-refractivity contribution < 1.29 is 14.3 Å². The van der Waals surface area contributed by atoms with Crippen molar-refractivity contribution in [1.82, 2.24) is 9.80 Å². The average Bonchev–Trinajstić information content (AvgIpc) is 3.48. The lowest BCUT2D eigenvalue weighted by Crippen LogP contribution is -2.48. The summed E-state index contributed by atoms with van der Waals surface area (Å²) in [5.41, 5.74) is 3.49. The summed E-state index contributed by atoms with van der Waals surface area (Å²) in [7, 11) is 0. The smallest absolute Gasteiger partial charge is 0.242 e. The second kappa shape index (κ2) is 10.1.